The second-order valence-electron chi connectivity index (χ2n) is 7.11. The van der Waals surface area contributed by atoms with Gasteiger partial charge in [-0.25, -0.2) is 0 Å². The predicted molar refractivity (Wildman–Crippen MR) is 112 cm³/mol. The highest BCUT2D eigenvalue weighted by molar-refractivity contribution is 5.43. The van der Waals surface area contributed by atoms with Crippen LogP contribution in [-0.4, -0.2) is 41.6 Å². The maximum Gasteiger partial charge on any atom is 0.161 e. The van der Waals surface area contributed by atoms with Crippen LogP contribution in [0.3, 0.4) is 0 Å². The molecule has 0 aliphatic carbocycles. The summed E-state index contributed by atoms with van der Waals surface area (Å²) in [6.07, 6.45) is 7.30. The first kappa shape index (κ1) is 19.4. The topological polar surface area (TPSA) is 59.5 Å². The van der Waals surface area contributed by atoms with Gasteiger partial charge in [0.1, 0.15) is 6.61 Å². The van der Waals surface area contributed by atoms with E-state index in [0.29, 0.717) is 12.6 Å². The molecule has 0 spiro atoms. The Bertz CT molecular complexity index is 905. The molecular weight excluding hydrogens is 364 g/mol. The Balaban J connectivity index is 1.50. The van der Waals surface area contributed by atoms with Crippen molar-refractivity contribution in [2.75, 3.05) is 26.7 Å². The molecule has 2 aromatic heterocycles. The van der Waals surface area contributed by atoms with Crippen molar-refractivity contribution in [2.45, 2.75) is 19.2 Å². The van der Waals surface area contributed by atoms with Gasteiger partial charge in [-0.2, -0.15) is 0 Å². The molecule has 1 aliphatic rings. The van der Waals surface area contributed by atoms with Crippen LogP contribution in [0.4, 0.5) is 0 Å². The Labute approximate surface area is 171 Å². The molecule has 0 radical (unpaired) electrons. The van der Waals surface area contributed by atoms with E-state index in [9.17, 15) is 0 Å². The van der Waals surface area contributed by atoms with Gasteiger partial charge in [-0.05, 0) is 41.5 Å². The standard InChI is InChI=1S/C23H26N4O2/c1-28-22-5-4-18(13-23(22)29-17-19-3-2-8-25-14-19)16-27-12-11-26-15-21(27)20-6-9-24-10-7-20/h2-10,13-14,21,26H,11-12,15-17H2,1H3. The fourth-order valence-corrected chi connectivity index (χ4v) is 3.66. The minimum atomic E-state index is 0.327. The van der Waals surface area contributed by atoms with Gasteiger partial charge in [-0.3, -0.25) is 14.9 Å². The first-order chi connectivity index (χ1) is 14.3. The van der Waals surface area contributed by atoms with Gasteiger partial charge in [0.2, 0.25) is 0 Å². The molecule has 1 aromatic carbocycles. The summed E-state index contributed by atoms with van der Waals surface area (Å²) in [5.41, 5.74) is 3.52. The number of nitrogens with zero attached hydrogens (tertiary/aromatic N) is 3. The second kappa shape index (κ2) is 9.49. The van der Waals surface area contributed by atoms with E-state index < -0.39 is 0 Å². The summed E-state index contributed by atoms with van der Waals surface area (Å²) in [6, 6.07) is 14.6. The predicted octanol–water partition coefficient (Wildman–Crippen LogP) is 3.21. The molecular formula is C23H26N4O2. The normalized spacial score (nSPS) is 17.1. The lowest BCUT2D eigenvalue weighted by Gasteiger charge is -2.36. The highest BCUT2D eigenvalue weighted by Crippen LogP contribution is 2.31. The van der Waals surface area contributed by atoms with Crippen molar-refractivity contribution in [1.29, 1.82) is 0 Å². The molecule has 1 unspecified atom stereocenters. The van der Waals surface area contributed by atoms with Crippen molar-refractivity contribution in [3.05, 3.63) is 83.9 Å². The molecule has 6 nitrogen and oxygen atoms in total. The Hall–Kier alpha value is -2.96. The van der Waals surface area contributed by atoms with Crippen molar-refractivity contribution in [3.8, 4) is 11.5 Å². The average molecular weight is 390 g/mol. The number of hydrogen-bond donors (Lipinski definition) is 1. The van der Waals surface area contributed by atoms with Crippen LogP contribution >= 0.6 is 0 Å². The number of methoxy groups -OCH3 is 1. The molecule has 29 heavy (non-hydrogen) atoms. The fourth-order valence-electron chi connectivity index (χ4n) is 3.66. The van der Waals surface area contributed by atoms with Gasteiger partial charge >= 0.3 is 0 Å². The van der Waals surface area contributed by atoms with Crippen LogP contribution in [0.1, 0.15) is 22.7 Å². The number of nitrogens with one attached hydrogen (secondary N) is 1. The van der Waals surface area contributed by atoms with Crippen molar-refractivity contribution in [1.82, 2.24) is 20.2 Å². The Kier molecular flexibility index (Phi) is 6.34. The molecule has 6 heteroatoms. The summed E-state index contributed by atoms with van der Waals surface area (Å²) in [4.78, 5) is 10.8. The van der Waals surface area contributed by atoms with Crippen molar-refractivity contribution in [2.24, 2.45) is 0 Å². The van der Waals surface area contributed by atoms with E-state index in [1.165, 1.54) is 11.1 Å². The van der Waals surface area contributed by atoms with E-state index >= 15 is 0 Å². The Morgan fingerprint density at radius 3 is 2.72 bits per heavy atom. The van der Waals surface area contributed by atoms with E-state index in [1.807, 2.05) is 36.8 Å². The van der Waals surface area contributed by atoms with E-state index in [-0.39, 0.29) is 0 Å². The largest absolute Gasteiger partial charge is 0.493 e. The van der Waals surface area contributed by atoms with Gasteiger partial charge in [0, 0.05) is 62.6 Å². The first-order valence-corrected chi connectivity index (χ1v) is 9.87. The molecule has 1 N–H and O–H groups in total. The number of pyridine rings is 2. The van der Waals surface area contributed by atoms with Crippen LogP contribution in [0, 0.1) is 0 Å². The van der Waals surface area contributed by atoms with Crippen LogP contribution in [-0.2, 0) is 13.2 Å². The average Bonchev–Trinajstić information content (AvgIpc) is 2.79. The maximum absolute atomic E-state index is 6.05. The molecule has 0 saturated carbocycles. The van der Waals surface area contributed by atoms with Gasteiger partial charge < -0.3 is 14.8 Å². The van der Waals surface area contributed by atoms with E-state index in [1.54, 1.807) is 13.3 Å². The molecule has 1 fully saturated rings. The number of piperazine rings is 1. The number of benzene rings is 1. The third kappa shape index (κ3) is 4.91. The Morgan fingerprint density at radius 1 is 1.03 bits per heavy atom. The summed E-state index contributed by atoms with van der Waals surface area (Å²) >= 11 is 0. The minimum Gasteiger partial charge on any atom is -0.493 e. The van der Waals surface area contributed by atoms with Gasteiger partial charge in [-0.1, -0.05) is 12.1 Å². The summed E-state index contributed by atoms with van der Waals surface area (Å²) in [7, 11) is 1.67. The van der Waals surface area contributed by atoms with E-state index in [2.05, 4.69) is 44.5 Å². The SMILES string of the molecule is COc1ccc(CN2CCNCC2c2ccncc2)cc1OCc1cccnc1. The monoisotopic (exact) mass is 390 g/mol. The summed E-state index contributed by atoms with van der Waals surface area (Å²) in [5, 5.41) is 3.50. The molecule has 3 aromatic rings. The second-order valence-corrected chi connectivity index (χ2v) is 7.11. The van der Waals surface area contributed by atoms with Gasteiger partial charge in [0.25, 0.3) is 0 Å². The van der Waals surface area contributed by atoms with Gasteiger partial charge in [0.15, 0.2) is 11.5 Å². The highest BCUT2D eigenvalue weighted by atomic mass is 16.5. The fraction of sp³-hybridized carbons (Fsp3) is 0.304. The van der Waals surface area contributed by atoms with Crippen LogP contribution in [0.15, 0.2) is 67.3 Å². The first-order valence-electron chi connectivity index (χ1n) is 9.87. The molecule has 0 amide bonds. The molecule has 0 bridgehead atoms. The lowest BCUT2D eigenvalue weighted by Crippen LogP contribution is -2.45. The summed E-state index contributed by atoms with van der Waals surface area (Å²) < 4.78 is 11.5. The lowest BCUT2D eigenvalue weighted by molar-refractivity contribution is 0.153. The minimum absolute atomic E-state index is 0.327. The zero-order chi connectivity index (χ0) is 19.9. The van der Waals surface area contributed by atoms with Crippen LogP contribution in [0.25, 0.3) is 0 Å². The molecule has 1 aliphatic heterocycles. The van der Waals surface area contributed by atoms with Crippen LogP contribution in [0.2, 0.25) is 0 Å². The lowest BCUT2D eigenvalue weighted by atomic mass is 10.0. The van der Waals surface area contributed by atoms with Crippen LogP contribution < -0.4 is 14.8 Å². The van der Waals surface area contributed by atoms with Gasteiger partial charge in [0.05, 0.1) is 7.11 Å². The smallest absolute Gasteiger partial charge is 0.161 e. The van der Waals surface area contributed by atoms with Crippen molar-refractivity contribution < 1.29 is 9.47 Å². The number of ether oxygens (including phenoxy) is 2. The number of aromatic nitrogens is 2. The van der Waals surface area contributed by atoms with E-state index in [4.69, 9.17) is 9.47 Å². The quantitative estimate of drug-likeness (QED) is 0.669. The zero-order valence-electron chi connectivity index (χ0n) is 16.6. The molecule has 1 atom stereocenters. The number of rotatable bonds is 7. The third-order valence-electron chi connectivity index (χ3n) is 5.18. The number of hydrogen-bond acceptors (Lipinski definition) is 6. The molecule has 150 valence electrons. The van der Waals surface area contributed by atoms with Gasteiger partial charge in [-0.15, -0.1) is 0 Å². The Morgan fingerprint density at radius 2 is 1.93 bits per heavy atom. The molecule has 3 heterocycles. The maximum atomic E-state index is 6.05. The zero-order valence-corrected chi connectivity index (χ0v) is 16.6. The van der Waals surface area contributed by atoms with Crippen molar-refractivity contribution in [3.63, 3.8) is 0 Å². The van der Waals surface area contributed by atoms with Crippen molar-refractivity contribution >= 4 is 0 Å². The summed E-state index contributed by atoms with van der Waals surface area (Å²) in [5.74, 6) is 1.49. The van der Waals surface area contributed by atoms with E-state index in [0.717, 1.165) is 43.2 Å². The summed E-state index contributed by atoms with van der Waals surface area (Å²) in [6.45, 7) is 4.22. The third-order valence-corrected chi connectivity index (χ3v) is 5.18. The van der Waals surface area contributed by atoms with Crippen LogP contribution in [0.5, 0.6) is 11.5 Å². The highest BCUT2D eigenvalue weighted by Gasteiger charge is 2.24. The molecule has 4 rings (SSSR count). The molecule has 1 saturated heterocycles.